The van der Waals surface area contributed by atoms with Crippen LogP contribution in [0.1, 0.15) is 25.0 Å². The van der Waals surface area contributed by atoms with E-state index in [-0.39, 0.29) is 5.91 Å². The third-order valence-electron chi connectivity index (χ3n) is 3.61. The number of carbonyl (C=O) groups is 1. The minimum atomic E-state index is 0.209. The first-order valence-corrected chi connectivity index (χ1v) is 5.89. The van der Waals surface area contributed by atoms with Crippen LogP contribution in [-0.2, 0) is 11.3 Å². The van der Waals surface area contributed by atoms with Gasteiger partial charge in [0.15, 0.2) is 0 Å². The lowest BCUT2D eigenvalue weighted by atomic mass is 9.99. The van der Waals surface area contributed by atoms with Gasteiger partial charge in [-0.05, 0) is 25.0 Å². The molecule has 0 spiro atoms. The Morgan fingerprint density at radius 2 is 2.44 bits per heavy atom. The average molecular weight is 220 g/mol. The lowest BCUT2D eigenvalue weighted by Gasteiger charge is -2.31. The number of piperidine rings is 1. The van der Waals surface area contributed by atoms with E-state index in [4.69, 9.17) is 4.42 Å². The Morgan fingerprint density at radius 3 is 3.25 bits per heavy atom. The minimum Gasteiger partial charge on any atom is -0.468 e. The van der Waals surface area contributed by atoms with E-state index in [9.17, 15) is 4.79 Å². The van der Waals surface area contributed by atoms with Crippen molar-refractivity contribution in [2.45, 2.75) is 37.9 Å². The average Bonchev–Trinajstić information content (AvgIpc) is 2.89. The van der Waals surface area contributed by atoms with E-state index < -0.39 is 0 Å². The predicted molar refractivity (Wildman–Crippen MR) is 58.7 cm³/mol. The number of hydrogen-bond acceptors (Lipinski definition) is 3. The zero-order valence-corrected chi connectivity index (χ0v) is 9.19. The molecule has 1 aromatic rings. The van der Waals surface area contributed by atoms with Crippen LogP contribution >= 0.6 is 0 Å². The monoisotopic (exact) mass is 220 g/mol. The first-order chi connectivity index (χ1) is 7.83. The summed E-state index contributed by atoms with van der Waals surface area (Å²) in [4.78, 5) is 13.7. The molecule has 3 heterocycles. The molecule has 86 valence electrons. The van der Waals surface area contributed by atoms with Gasteiger partial charge in [-0.15, -0.1) is 0 Å². The molecule has 0 saturated carbocycles. The zero-order chi connectivity index (χ0) is 11.0. The van der Waals surface area contributed by atoms with Crippen molar-refractivity contribution in [2.75, 3.05) is 6.54 Å². The van der Waals surface area contributed by atoms with Crippen LogP contribution in [0.3, 0.4) is 0 Å². The fraction of sp³-hybridized carbons (Fsp3) is 0.583. The molecule has 1 N–H and O–H groups in total. The Bertz CT molecular complexity index is 374. The smallest absolute Gasteiger partial charge is 0.220 e. The van der Waals surface area contributed by atoms with Gasteiger partial charge in [0.05, 0.1) is 12.8 Å². The molecular weight excluding hydrogens is 204 g/mol. The third-order valence-corrected chi connectivity index (χ3v) is 3.61. The summed E-state index contributed by atoms with van der Waals surface area (Å²) in [6.45, 7) is 1.92. The number of furan rings is 1. The van der Waals surface area contributed by atoms with Gasteiger partial charge in [0.25, 0.3) is 0 Å². The maximum Gasteiger partial charge on any atom is 0.220 e. The van der Waals surface area contributed by atoms with Crippen molar-refractivity contribution in [3.63, 3.8) is 0 Å². The summed E-state index contributed by atoms with van der Waals surface area (Å²) < 4.78 is 5.37. The second-order valence-corrected chi connectivity index (χ2v) is 4.62. The summed E-state index contributed by atoms with van der Waals surface area (Å²) >= 11 is 0. The van der Waals surface area contributed by atoms with Gasteiger partial charge in [0.1, 0.15) is 5.76 Å². The van der Waals surface area contributed by atoms with Crippen LogP contribution in [0, 0.1) is 0 Å². The number of amides is 1. The maximum atomic E-state index is 11.3. The van der Waals surface area contributed by atoms with Gasteiger partial charge >= 0.3 is 0 Å². The number of likely N-dealkylation sites (tertiary alicyclic amines) is 1. The van der Waals surface area contributed by atoms with Crippen LogP contribution in [0.15, 0.2) is 22.8 Å². The van der Waals surface area contributed by atoms with Gasteiger partial charge in [-0.25, -0.2) is 0 Å². The number of fused-ring (bicyclic) bond motifs is 1. The molecule has 0 bridgehead atoms. The molecule has 1 aromatic heterocycles. The Hall–Kier alpha value is -1.29. The molecule has 0 unspecified atom stereocenters. The predicted octanol–water partition coefficient (Wildman–Crippen LogP) is 1.13. The highest BCUT2D eigenvalue weighted by atomic mass is 16.3. The molecule has 2 aliphatic heterocycles. The van der Waals surface area contributed by atoms with Gasteiger partial charge < -0.3 is 9.73 Å². The maximum absolute atomic E-state index is 11.3. The molecule has 2 aliphatic rings. The Labute approximate surface area is 94.6 Å². The summed E-state index contributed by atoms with van der Waals surface area (Å²) in [6.07, 6.45) is 4.43. The summed E-state index contributed by atoms with van der Waals surface area (Å²) in [5.74, 6) is 1.22. The molecular formula is C12H16N2O2. The fourth-order valence-corrected chi connectivity index (χ4v) is 2.83. The summed E-state index contributed by atoms with van der Waals surface area (Å²) in [6, 6.07) is 4.79. The van der Waals surface area contributed by atoms with E-state index in [2.05, 4.69) is 10.2 Å². The largest absolute Gasteiger partial charge is 0.468 e. The quantitative estimate of drug-likeness (QED) is 0.812. The van der Waals surface area contributed by atoms with Gasteiger partial charge in [-0.3, -0.25) is 9.69 Å². The molecule has 4 heteroatoms. The number of carbonyl (C=O) groups excluding carboxylic acids is 1. The van der Waals surface area contributed by atoms with Crippen molar-refractivity contribution in [2.24, 2.45) is 0 Å². The molecule has 2 saturated heterocycles. The SMILES string of the molecule is O=C1CC[C@H]2[C@@H](CCN2Cc2ccco2)N1. The molecule has 2 fully saturated rings. The normalized spacial score (nSPS) is 30.1. The Kier molecular flexibility index (Phi) is 2.44. The van der Waals surface area contributed by atoms with Gasteiger partial charge in [-0.2, -0.15) is 0 Å². The third kappa shape index (κ3) is 1.73. The topological polar surface area (TPSA) is 45.5 Å². The summed E-state index contributed by atoms with van der Waals surface area (Å²) in [5, 5.41) is 3.08. The van der Waals surface area contributed by atoms with Gasteiger partial charge in [0, 0.05) is 25.0 Å². The molecule has 4 nitrogen and oxygen atoms in total. The molecule has 1 amide bonds. The van der Waals surface area contributed by atoms with E-state index >= 15 is 0 Å². The van der Waals surface area contributed by atoms with Crippen LogP contribution in [-0.4, -0.2) is 29.4 Å². The molecule has 3 rings (SSSR count). The van der Waals surface area contributed by atoms with Crippen LogP contribution < -0.4 is 5.32 Å². The number of nitrogens with one attached hydrogen (secondary N) is 1. The highest BCUT2D eigenvalue weighted by Gasteiger charge is 2.38. The highest BCUT2D eigenvalue weighted by molar-refractivity contribution is 5.77. The second-order valence-electron chi connectivity index (χ2n) is 4.62. The van der Waals surface area contributed by atoms with Crippen molar-refractivity contribution in [3.05, 3.63) is 24.2 Å². The van der Waals surface area contributed by atoms with Crippen molar-refractivity contribution in [1.29, 1.82) is 0 Å². The van der Waals surface area contributed by atoms with E-state index in [0.29, 0.717) is 18.5 Å². The second kappa shape index (κ2) is 3.94. The zero-order valence-electron chi connectivity index (χ0n) is 9.19. The van der Waals surface area contributed by atoms with Crippen molar-refractivity contribution < 1.29 is 9.21 Å². The van der Waals surface area contributed by atoms with Gasteiger partial charge in [0.2, 0.25) is 5.91 Å². The first kappa shape index (κ1) is 9.90. The highest BCUT2D eigenvalue weighted by Crippen LogP contribution is 2.27. The van der Waals surface area contributed by atoms with E-state index in [0.717, 1.165) is 31.7 Å². The fourth-order valence-electron chi connectivity index (χ4n) is 2.83. The van der Waals surface area contributed by atoms with Crippen molar-refractivity contribution >= 4 is 5.91 Å². The molecule has 2 atom stereocenters. The standard InChI is InChI=1S/C12H16N2O2/c15-12-4-3-11-10(13-12)5-6-14(11)8-9-2-1-7-16-9/h1-2,7,10-11H,3-6,8H2,(H,13,15)/t10-,11+/m1/s1. The molecule has 0 aromatic carbocycles. The van der Waals surface area contributed by atoms with Crippen LogP contribution in [0.2, 0.25) is 0 Å². The van der Waals surface area contributed by atoms with Crippen molar-refractivity contribution in [1.82, 2.24) is 10.2 Å². The van der Waals surface area contributed by atoms with Crippen LogP contribution in [0.25, 0.3) is 0 Å². The molecule has 0 radical (unpaired) electrons. The van der Waals surface area contributed by atoms with E-state index in [1.54, 1.807) is 6.26 Å². The lowest BCUT2D eigenvalue weighted by Crippen LogP contribution is -2.49. The Morgan fingerprint density at radius 1 is 1.50 bits per heavy atom. The van der Waals surface area contributed by atoms with Crippen LogP contribution in [0.5, 0.6) is 0 Å². The number of rotatable bonds is 2. The van der Waals surface area contributed by atoms with Crippen LogP contribution in [0.4, 0.5) is 0 Å². The molecule has 16 heavy (non-hydrogen) atoms. The number of nitrogens with zero attached hydrogens (tertiary/aromatic N) is 1. The minimum absolute atomic E-state index is 0.209. The summed E-state index contributed by atoms with van der Waals surface area (Å²) in [7, 11) is 0. The molecule has 0 aliphatic carbocycles. The van der Waals surface area contributed by atoms with E-state index in [1.165, 1.54) is 0 Å². The Balaban J connectivity index is 1.67. The first-order valence-electron chi connectivity index (χ1n) is 5.89. The summed E-state index contributed by atoms with van der Waals surface area (Å²) in [5.41, 5.74) is 0. The van der Waals surface area contributed by atoms with Gasteiger partial charge in [-0.1, -0.05) is 0 Å². The van der Waals surface area contributed by atoms with Crippen molar-refractivity contribution in [3.8, 4) is 0 Å². The van der Waals surface area contributed by atoms with E-state index in [1.807, 2.05) is 12.1 Å². The lowest BCUT2D eigenvalue weighted by molar-refractivity contribution is -0.124. The number of hydrogen-bond donors (Lipinski definition) is 1.